The van der Waals surface area contributed by atoms with Gasteiger partial charge in [0.05, 0.1) is 35.0 Å². The molecule has 9 heteroatoms. The fourth-order valence-corrected chi connectivity index (χ4v) is 5.04. The molecule has 1 heterocycles. The van der Waals surface area contributed by atoms with Crippen LogP contribution in [0, 0.1) is 6.92 Å². The summed E-state index contributed by atoms with van der Waals surface area (Å²) in [6.45, 7) is 6.25. The molecule has 3 aromatic carbocycles. The zero-order valence-electron chi connectivity index (χ0n) is 25.8. The van der Waals surface area contributed by atoms with Crippen molar-refractivity contribution in [1.82, 2.24) is 9.80 Å². The van der Waals surface area contributed by atoms with Crippen molar-refractivity contribution in [2.24, 2.45) is 0 Å². The van der Waals surface area contributed by atoms with Crippen molar-refractivity contribution < 1.29 is 33.3 Å². The Kier molecular flexibility index (Phi) is 10.5. The Balaban J connectivity index is 1.55. The molecule has 4 rings (SSSR count). The highest BCUT2D eigenvalue weighted by Gasteiger charge is 2.27. The first kappa shape index (κ1) is 31.3. The first-order valence-electron chi connectivity index (χ1n) is 14.3. The predicted molar refractivity (Wildman–Crippen MR) is 166 cm³/mol. The molecule has 2 amide bonds. The summed E-state index contributed by atoms with van der Waals surface area (Å²) in [5.74, 6) is 2.23. The molecule has 9 nitrogen and oxygen atoms in total. The minimum atomic E-state index is -0.167. The van der Waals surface area contributed by atoms with Gasteiger partial charge in [0.1, 0.15) is 0 Å². The zero-order valence-corrected chi connectivity index (χ0v) is 25.8. The van der Waals surface area contributed by atoms with Crippen LogP contribution in [0.1, 0.15) is 40.4 Å². The maximum atomic E-state index is 13.6. The number of methoxy groups -OCH3 is 4. The molecule has 0 atom stereocenters. The number of aryl methyl sites for hydroxylation is 1. The Morgan fingerprint density at radius 3 is 1.91 bits per heavy atom. The molecule has 0 aliphatic carbocycles. The largest absolute Gasteiger partial charge is 0.493 e. The molecule has 1 saturated heterocycles. The Hall–Kier alpha value is -4.66. The third kappa shape index (κ3) is 7.23. The summed E-state index contributed by atoms with van der Waals surface area (Å²) in [5, 5.41) is 0. The molecule has 43 heavy (non-hydrogen) atoms. The van der Waals surface area contributed by atoms with Crippen molar-refractivity contribution in [2.45, 2.75) is 20.3 Å². The number of carbonyl (C=O) groups is 2. The minimum Gasteiger partial charge on any atom is -0.493 e. The average molecular weight is 589 g/mol. The second kappa shape index (κ2) is 14.5. The van der Waals surface area contributed by atoms with Crippen LogP contribution in [0.5, 0.6) is 28.7 Å². The van der Waals surface area contributed by atoms with Crippen molar-refractivity contribution in [3.05, 3.63) is 82.9 Å². The minimum absolute atomic E-state index is 0.123. The summed E-state index contributed by atoms with van der Waals surface area (Å²) in [6, 6.07) is 17.1. The number of hydrogen-bond acceptors (Lipinski definition) is 7. The predicted octanol–water partition coefficient (Wildman–Crippen LogP) is 5.23. The maximum Gasteiger partial charge on any atom is 0.254 e. The maximum absolute atomic E-state index is 13.6. The van der Waals surface area contributed by atoms with Crippen LogP contribution in [-0.4, -0.2) is 82.8 Å². The van der Waals surface area contributed by atoms with Gasteiger partial charge in [0.25, 0.3) is 5.91 Å². The summed E-state index contributed by atoms with van der Waals surface area (Å²) in [5.41, 5.74) is 4.07. The quantitative estimate of drug-likeness (QED) is 0.284. The highest BCUT2D eigenvalue weighted by atomic mass is 16.5. The zero-order chi connectivity index (χ0) is 30.9. The Labute approximate surface area is 253 Å². The van der Waals surface area contributed by atoms with Crippen molar-refractivity contribution in [3.8, 4) is 28.7 Å². The van der Waals surface area contributed by atoms with Gasteiger partial charge in [0.2, 0.25) is 11.7 Å². The van der Waals surface area contributed by atoms with E-state index >= 15 is 0 Å². The van der Waals surface area contributed by atoms with Crippen molar-refractivity contribution in [1.29, 1.82) is 0 Å². The van der Waals surface area contributed by atoms with Crippen LogP contribution >= 0.6 is 0 Å². The first-order chi connectivity index (χ1) is 20.8. The van der Waals surface area contributed by atoms with E-state index in [1.807, 2.05) is 50.2 Å². The molecular weight excluding hydrogens is 548 g/mol. The lowest BCUT2D eigenvalue weighted by molar-refractivity contribution is -0.127. The monoisotopic (exact) mass is 588 g/mol. The van der Waals surface area contributed by atoms with E-state index < -0.39 is 0 Å². The molecule has 0 radical (unpaired) electrons. The number of benzene rings is 3. The van der Waals surface area contributed by atoms with E-state index in [9.17, 15) is 9.59 Å². The van der Waals surface area contributed by atoms with Gasteiger partial charge < -0.3 is 33.5 Å². The van der Waals surface area contributed by atoms with Crippen molar-refractivity contribution >= 4 is 17.4 Å². The van der Waals surface area contributed by atoms with Crippen LogP contribution in [0.15, 0.2) is 60.7 Å². The second-order valence-electron chi connectivity index (χ2n) is 10.2. The lowest BCUT2D eigenvalue weighted by atomic mass is 9.95. The van der Waals surface area contributed by atoms with Crippen LogP contribution in [0.2, 0.25) is 0 Å². The van der Waals surface area contributed by atoms with E-state index in [2.05, 4.69) is 6.07 Å². The molecular formula is C34H40N2O7. The normalized spacial score (nSPS) is 13.4. The Morgan fingerprint density at radius 2 is 1.33 bits per heavy atom. The van der Waals surface area contributed by atoms with E-state index in [-0.39, 0.29) is 11.8 Å². The molecule has 1 aliphatic heterocycles. The molecule has 0 spiro atoms. The van der Waals surface area contributed by atoms with Gasteiger partial charge in [-0.25, -0.2) is 0 Å². The number of rotatable bonds is 11. The van der Waals surface area contributed by atoms with E-state index in [0.29, 0.717) is 67.1 Å². The molecule has 1 aliphatic rings. The van der Waals surface area contributed by atoms with E-state index in [4.69, 9.17) is 23.7 Å². The number of amides is 2. The van der Waals surface area contributed by atoms with Crippen LogP contribution in [0.4, 0.5) is 0 Å². The Morgan fingerprint density at radius 1 is 0.721 bits per heavy atom. The average Bonchev–Trinajstić information content (AvgIpc) is 3.04. The van der Waals surface area contributed by atoms with Gasteiger partial charge >= 0.3 is 0 Å². The molecule has 0 bridgehead atoms. The smallest absolute Gasteiger partial charge is 0.254 e. The van der Waals surface area contributed by atoms with Gasteiger partial charge in [-0.05, 0) is 54.3 Å². The van der Waals surface area contributed by atoms with Crippen LogP contribution in [0.25, 0.3) is 5.57 Å². The van der Waals surface area contributed by atoms with Crippen LogP contribution < -0.4 is 23.7 Å². The van der Waals surface area contributed by atoms with Gasteiger partial charge in [-0.1, -0.05) is 42.8 Å². The van der Waals surface area contributed by atoms with E-state index in [1.165, 1.54) is 21.3 Å². The van der Waals surface area contributed by atoms with Crippen molar-refractivity contribution in [2.75, 3.05) is 61.2 Å². The molecule has 0 aromatic heterocycles. The van der Waals surface area contributed by atoms with Gasteiger partial charge in [-0.3, -0.25) is 9.59 Å². The molecule has 228 valence electrons. The van der Waals surface area contributed by atoms with Gasteiger partial charge in [0, 0.05) is 37.8 Å². The summed E-state index contributed by atoms with van der Waals surface area (Å²) in [4.78, 5) is 30.5. The molecule has 0 unspecified atom stereocenters. The summed E-state index contributed by atoms with van der Waals surface area (Å²) < 4.78 is 27.7. The van der Waals surface area contributed by atoms with Gasteiger partial charge in [-0.2, -0.15) is 0 Å². The van der Waals surface area contributed by atoms with E-state index in [1.54, 1.807) is 35.1 Å². The third-order valence-electron chi connectivity index (χ3n) is 7.32. The molecule has 0 N–H and O–H groups in total. The third-order valence-corrected chi connectivity index (χ3v) is 7.32. The number of carbonyl (C=O) groups excluding carboxylic acids is 2. The standard InChI is InChI=1S/C34H40N2O7/c1-7-17-43-28-12-11-25(19-29(28)39-3)27(24-10-8-9-23(2)18-24)22-32(37)35-13-15-36(16-14-35)34(38)26-20-30(40-4)33(42-6)31(21-26)41-5/h8-12,18-22H,7,13-17H2,1-6H3. The summed E-state index contributed by atoms with van der Waals surface area (Å²) in [7, 11) is 6.15. The lowest BCUT2D eigenvalue weighted by Gasteiger charge is -2.34. The summed E-state index contributed by atoms with van der Waals surface area (Å²) in [6.07, 6.45) is 2.56. The van der Waals surface area contributed by atoms with Crippen molar-refractivity contribution in [3.63, 3.8) is 0 Å². The van der Waals surface area contributed by atoms with Crippen LogP contribution in [-0.2, 0) is 4.79 Å². The Bertz CT molecular complexity index is 1450. The number of piperazine rings is 1. The lowest BCUT2D eigenvalue weighted by Crippen LogP contribution is -2.50. The highest BCUT2D eigenvalue weighted by Crippen LogP contribution is 2.38. The second-order valence-corrected chi connectivity index (χ2v) is 10.2. The number of ether oxygens (including phenoxy) is 5. The molecule has 1 fully saturated rings. The van der Waals surface area contributed by atoms with Gasteiger partial charge in [-0.15, -0.1) is 0 Å². The first-order valence-corrected chi connectivity index (χ1v) is 14.3. The number of nitrogens with zero attached hydrogens (tertiary/aromatic N) is 2. The SMILES string of the molecule is CCCOc1ccc(C(=CC(=O)N2CCN(C(=O)c3cc(OC)c(OC)c(OC)c3)CC2)c2cccc(C)c2)cc1OC. The topological polar surface area (TPSA) is 86.8 Å². The molecule has 0 saturated carbocycles. The van der Waals surface area contributed by atoms with Gasteiger partial charge in [0.15, 0.2) is 23.0 Å². The molecule has 3 aromatic rings. The summed E-state index contributed by atoms with van der Waals surface area (Å²) >= 11 is 0. The fourth-order valence-electron chi connectivity index (χ4n) is 5.04. The fraction of sp³-hybridized carbons (Fsp3) is 0.353. The van der Waals surface area contributed by atoms with Crippen LogP contribution in [0.3, 0.4) is 0 Å². The van der Waals surface area contributed by atoms with E-state index in [0.717, 1.165) is 28.7 Å². The number of hydrogen-bond donors (Lipinski definition) is 0. The highest BCUT2D eigenvalue weighted by molar-refractivity contribution is 6.00.